The predicted molar refractivity (Wildman–Crippen MR) is 149 cm³/mol. The quantitative estimate of drug-likeness (QED) is 0.397. The minimum absolute atomic E-state index is 0.0632. The van der Waals surface area contributed by atoms with Crippen molar-refractivity contribution in [1.82, 2.24) is 30.8 Å². The molecule has 0 spiro atoms. The Hall–Kier alpha value is -4.10. The standard InChI is InChI=1S/C30H36N8O2/c1-18(2)26(33-17-27(39)38-12-4-5-23(38)16-31)15-30(29-34-36-37-35-29)24-10-6-19(3)13-20(24)7-8-21-14-22(28(32)40)9-11-25(21)30/h6,9-11,13-14,18,23,26,33H,4-5,7-8,12,15,17H2,1-3H3,(H2,32,40)(H,34,35,36,37). The highest BCUT2D eigenvalue weighted by atomic mass is 16.2. The van der Waals surface area contributed by atoms with E-state index in [4.69, 9.17) is 5.73 Å². The topological polar surface area (TPSA) is 154 Å². The number of nitrogens with zero attached hydrogens (tertiary/aromatic N) is 5. The van der Waals surface area contributed by atoms with Gasteiger partial charge < -0.3 is 16.0 Å². The number of nitrogens with two attached hydrogens (primary N) is 1. The van der Waals surface area contributed by atoms with Crippen molar-refractivity contribution in [2.24, 2.45) is 11.7 Å². The Bertz CT molecular complexity index is 1440. The number of amides is 2. The van der Waals surface area contributed by atoms with Crippen LogP contribution in [0.5, 0.6) is 0 Å². The van der Waals surface area contributed by atoms with Gasteiger partial charge in [-0.25, -0.2) is 0 Å². The first-order valence-corrected chi connectivity index (χ1v) is 13.9. The number of rotatable bonds is 8. The van der Waals surface area contributed by atoms with Crippen molar-refractivity contribution in [2.45, 2.75) is 70.4 Å². The van der Waals surface area contributed by atoms with E-state index in [0.29, 0.717) is 24.4 Å². The lowest BCUT2D eigenvalue weighted by Crippen LogP contribution is -2.48. The van der Waals surface area contributed by atoms with Crippen LogP contribution in [-0.2, 0) is 23.1 Å². The van der Waals surface area contributed by atoms with Crippen LogP contribution < -0.4 is 11.1 Å². The smallest absolute Gasteiger partial charge is 0.248 e. The van der Waals surface area contributed by atoms with E-state index in [-0.39, 0.29) is 30.5 Å². The third kappa shape index (κ3) is 4.97. The molecule has 2 amide bonds. The maximum atomic E-state index is 13.2. The normalized spacial score (nSPS) is 20.9. The largest absolute Gasteiger partial charge is 0.366 e. The molecule has 3 atom stereocenters. The number of benzene rings is 2. The molecule has 10 nitrogen and oxygen atoms in total. The summed E-state index contributed by atoms with van der Waals surface area (Å²) in [4.78, 5) is 27.0. The van der Waals surface area contributed by atoms with Gasteiger partial charge in [0.15, 0.2) is 5.82 Å². The molecule has 2 aliphatic rings. The number of carbonyl (C=O) groups excluding carboxylic acids is 2. The van der Waals surface area contributed by atoms with E-state index in [9.17, 15) is 14.9 Å². The first kappa shape index (κ1) is 27.5. The monoisotopic (exact) mass is 540 g/mol. The number of aryl methyl sites for hydroxylation is 3. The molecular weight excluding hydrogens is 504 g/mol. The van der Waals surface area contributed by atoms with Gasteiger partial charge in [-0.2, -0.15) is 10.5 Å². The Morgan fingerprint density at radius 2 is 1.93 bits per heavy atom. The molecule has 0 radical (unpaired) electrons. The van der Waals surface area contributed by atoms with E-state index in [1.54, 1.807) is 11.0 Å². The molecular formula is C30H36N8O2. The number of likely N-dealkylation sites (tertiary alicyclic amines) is 1. The molecule has 1 aliphatic carbocycles. The maximum absolute atomic E-state index is 13.2. The number of hydrogen-bond acceptors (Lipinski definition) is 7. The first-order valence-electron chi connectivity index (χ1n) is 13.9. The zero-order chi connectivity index (χ0) is 28.4. The van der Waals surface area contributed by atoms with Gasteiger partial charge in [-0.1, -0.05) is 48.9 Å². The number of primary amides is 1. The number of nitriles is 1. The lowest BCUT2D eigenvalue weighted by molar-refractivity contribution is -0.130. The molecule has 2 heterocycles. The number of H-pyrrole nitrogens is 1. The van der Waals surface area contributed by atoms with Crippen LogP contribution in [0.25, 0.3) is 0 Å². The summed E-state index contributed by atoms with van der Waals surface area (Å²) >= 11 is 0. The Kier molecular flexibility index (Phi) is 7.68. The fourth-order valence-electron chi connectivity index (χ4n) is 6.42. The second-order valence-electron chi connectivity index (χ2n) is 11.3. The van der Waals surface area contributed by atoms with Gasteiger partial charge in [0, 0.05) is 18.2 Å². The highest BCUT2D eigenvalue weighted by molar-refractivity contribution is 5.93. The molecule has 1 saturated heterocycles. The Balaban J connectivity index is 1.61. The van der Waals surface area contributed by atoms with E-state index in [2.05, 4.69) is 71.0 Å². The van der Waals surface area contributed by atoms with Gasteiger partial charge >= 0.3 is 0 Å². The Morgan fingerprint density at radius 1 is 1.20 bits per heavy atom. The highest BCUT2D eigenvalue weighted by Crippen LogP contribution is 2.47. The second-order valence-corrected chi connectivity index (χ2v) is 11.3. The lowest BCUT2D eigenvalue weighted by atomic mass is 9.66. The zero-order valence-corrected chi connectivity index (χ0v) is 23.3. The van der Waals surface area contributed by atoms with Crippen molar-refractivity contribution in [3.63, 3.8) is 0 Å². The van der Waals surface area contributed by atoms with Crippen molar-refractivity contribution in [2.75, 3.05) is 13.1 Å². The molecule has 40 heavy (non-hydrogen) atoms. The third-order valence-corrected chi connectivity index (χ3v) is 8.53. The van der Waals surface area contributed by atoms with E-state index in [1.165, 1.54) is 5.56 Å². The van der Waals surface area contributed by atoms with E-state index in [0.717, 1.165) is 47.9 Å². The molecule has 3 aromatic rings. The zero-order valence-electron chi connectivity index (χ0n) is 23.3. The molecule has 3 unspecified atom stereocenters. The van der Waals surface area contributed by atoms with Crippen molar-refractivity contribution < 1.29 is 9.59 Å². The maximum Gasteiger partial charge on any atom is 0.248 e. The van der Waals surface area contributed by atoms with Crippen LogP contribution >= 0.6 is 0 Å². The van der Waals surface area contributed by atoms with Gasteiger partial charge in [0.2, 0.25) is 11.8 Å². The van der Waals surface area contributed by atoms with Crippen LogP contribution in [0.4, 0.5) is 0 Å². The predicted octanol–water partition coefficient (Wildman–Crippen LogP) is 2.56. The van der Waals surface area contributed by atoms with Gasteiger partial charge in [-0.05, 0) is 79.3 Å². The summed E-state index contributed by atoms with van der Waals surface area (Å²) < 4.78 is 0. The summed E-state index contributed by atoms with van der Waals surface area (Å²) in [6.45, 7) is 7.09. The summed E-state index contributed by atoms with van der Waals surface area (Å²) in [6.07, 6.45) is 3.64. The summed E-state index contributed by atoms with van der Waals surface area (Å²) in [6, 6.07) is 13.9. The van der Waals surface area contributed by atoms with Crippen molar-refractivity contribution >= 4 is 11.8 Å². The van der Waals surface area contributed by atoms with Crippen LogP contribution in [0.3, 0.4) is 0 Å². The Morgan fingerprint density at radius 3 is 2.58 bits per heavy atom. The van der Waals surface area contributed by atoms with E-state index in [1.807, 2.05) is 12.1 Å². The summed E-state index contributed by atoms with van der Waals surface area (Å²) in [7, 11) is 0. The number of tetrazole rings is 1. The van der Waals surface area contributed by atoms with Crippen LogP contribution in [0.1, 0.15) is 77.1 Å². The summed E-state index contributed by atoms with van der Waals surface area (Å²) in [5, 5.41) is 28.7. The second kappa shape index (κ2) is 11.2. The molecule has 4 N–H and O–H groups in total. The minimum atomic E-state index is -0.800. The number of carbonyl (C=O) groups is 2. The molecule has 10 heteroatoms. The van der Waals surface area contributed by atoms with Crippen LogP contribution in [-0.4, -0.2) is 62.5 Å². The van der Waals surface area contributed by atoms with Gasteiger partial charge in [0.1, 0.15) is 6.04 Å². The molecule has 1 aliphatic heterocycles. The minimum Gasteiger partial charge on any atom is -0.366 e. The van der Waals surface area contributed by atoms with Gasteiger partial charge in [-0.3, -0.25) is 9.59 Å². The lowest BCUT2D eigenvalue weighted by Gasteiger charge is -2.38. The van der Waals surface area contributed by atoms with Gasteiger partial charge in [0.05, 0.1) is 18.0 Å². The SMILES string of the molecule is Cc1ccc2c(c1)CCc1cc(C(N)=O)ccc1C2(CC(NCC(=O)N1CCCC1C#N)C(C)C)c1nn[nH]n1. The first-order chi connectivity index (χ1) is 19.2. The van der Waals surface area contributed by atoms with Crippen molar-refractivity contribution in [3.05, 3.63) is 75.6 Å². The Labute approximate surface area is 234 Å². The molecule has 1 fully saturated rings. The van der Waals surface area contributed by atoms with Gasteiger partial charge in [-0.15, -0.1) is 10.2 Å². The van der Waals surface area contributed by atoms with Gasteiger partial charge in [0.25, 0.3) is 0 Å². The fourth-order valence-corrected chi connectivity index (χ4v) is 6.42. The third-order valence-electron chi connectivity index (χ3n) is 8.53. The number of nitrogens with one attached hydrogen (secondary N) is 2. The van der Waals surface area contributed by atoms with E-state index < -0.39 is 11.3 Å². The molecule has 2 aromatic carbocycles. The molecule has 0 bridgehead atoms. The van der Waals surface area contributed by atoms with Crippen LogP contribution in [0.2, 0.25) is 0 Å². The summed E-state index contributed by atoms with van der Waals surface area (Å²) in [5.74, 6) is 0.165. The van der Waals surface area contributed by atoms with Crippen LogP contribution in [0.15, 0.2) is 36.4 Å². The number of aromatic nitrogens is 4. The van der Waals surface area contributed by atoms with E-state index >= 15 is 0 Å². The number of aromatic amines is 1. The average Bonchev–Trinajstić information content (AvgIpc) is 3.63. The highest BCUT2D eigenvalue weighted by Gasteiger charge is 2.46. The fraction of sp³-hybridized carbons (Fsp3) is 0.467. The summed E-state index contributed by atoms with van der Waals surface area (Å²) in [5.41, 5.74) is 10.8. The van der Waals surface area contributed by atoms with Crippen molar-refractivity contribution in [1.29, 1.82) is 5.26 Å². The average molecular weight is 541 g/mol. The number of hydrogen-bond donors (Lipinski definition) is 3. The number of fused-ring (bicyclic) bond motifs is 2. The molecule has 0 saturated carbocycles. The molecule has 208 valence electrons. The molecule has 1 aromatic heterocycles. The van der Waals surface area contributed by atoms with Crippen LogP contribution in [0, 0.1) is 24.2 Å². The molecule has 5 rings (SSSR count). The van der Waals surface area contributed by atoms with Crippen molar-refractivity contribution in [3.8, 4) is 6.07 Å².